The molecule has 1 fully saturated rings. The molecule has 1 saturated heterocycles. The molecule has 0 aromatic heterocycles. The molecule has 3 nitrogen and oxygen atoms in total. The summed E-state index contributed by atoms with van der Waals surface area (Å²) >= 11 is 6.09. The fourth-order valence-corrected chi connectivity index (χ4v) is 2.85. The van der Waals surface area contributed by atoms with Crippen molar-refractivity contribution < 1.29 is 4.74 Å². The monoisotopic (exact) mass is 296 g/mol. The van der Waals surface area contributed by atoms with Gasteiger partial charge in [0.1, 0.15) is 5.75 Å². The third kappa shape index (κ3) is 4.97. The fraction of sp³-hybridized carbons (Fsp3) is 0.625. The van der Waals surface area contributed by atoms with Crippen molar-refractivity contribution in [2.24, 2.45) is 0 Å². The van der Waals surface area contributed by atoms with E-state index in [1.807, 2.05) is 25.1 Å². The summed E-state index contributed by atoms with van der Waals surface area (Å²) in [5.41, 5.74) is 1.23. The van der Waals surface area contributed by atoms with Crippen LogP contribution in [0, 0.1) is 0 Å². The first-order chi connectivity index (χ1) is 9.79. The van der Waals surface area contributed by atoms with Crippen LogP contribution in [-0.4, -0.2) is 44.2 Å². The Bertz CT molecular complexity index is 403. The molecule has 0 spiro atoms. The Labute approximate surface area is 127 Å². The van der Waals surface area contributed by atoms with Gasteiger partial charge in [0.25, 0.3) is 0 Å². The minimum absolute atomic E-state index is 0.701. The Morgan fingerprint density at radius 1 is 1.30 bits per heavy atom. The van der Waals surface area contributed by atoms with E-state index in [-0.39, 0.29) is 0 Å². The molecular formula is C16H25ClN2O. The number of ether oxygens (including phenoxy) is 1. The predicted molar refractivity (Wildman–Crippen MR) is 84.9 cm³/mol. The number of aryl methyl sites for hydroxylation is 1. The number of rotatable bonds is 6. The largest absolute Gasteiger partial charge is 0.494 e. The molecule has 0 amide bonds. The first kappa shape index (κ1) is 15.6. The minimum atomic E-state index is 0.701. The van der Waals surface area contributed by atoms with E-state index in [0.29, 0.717) is 6.61 Å². The number of halogens is 1. The lowest BCUT2D eigenvalue weighted by Crippen LogP contribution is -2.29. The second-order valence-electron chi connectivity index (χ2n) is 5.23. The quantitative estimate of drug-likeness (QED) is 0.873. The summed E-state index contributed by atoms with van der Waals surface area (Å²) in [5.74, 6) is 0.981. The summed E-state index contributed by atoms with van der Waals surface area (Å²) in [7, 11) is 0. The Kier molecular flexibility index (Phi) is 6.64. The van der Waals surface area contributed by atoms with Crippen LogP contribution < -0.4 is 10.1 Å². The van der Waals surface area contributed by atoms with Crippen molar-refractivity contribution in [3.8, 4) is 5.75 Å². The van der Waals surface area contributed by atoms with Gasteiger partial charge in [-0.1, -0.05) is 11.6 Å². The highest BCUT2D eigenvalue weighted by Gasteiger charge is 2.09. The number of nitrogens with zero attached hydrogens (tertiary/aromatic N) is 1. The second kappa shape index (κ2) is 8.50. The van der Waals surface area contributed by atoms with E-state index in [1.165, 1.54) is 18.5 Å². The van der Waals surface area contributed by atoms with Gasteiger partial charge in [-0.05, 0) is 69.6 Å². The molecule has 0 saturated carbocycles. The lowest BCUT2D eigenvalue weighted by atomic mass is 10.1. The van der Waals surface area contributed by atoms with Crippen LogP contribution in [0.5, 0.6) is 5.75 Å². The highest BCUT2D eigenvalue weighted by atomic mass is 35.5. The van der Waals surface area contributed by atoms with Crippen LogP contribution in [0.25, 0.3) is 0 Å². The third-order valence-corrected chi connectivity index (χ3v) is 3.91. The van der Waals surface area contributed by atoms with Crippen LogP contribution in [-0.2, 0) is 6.42 Å². The molecule has 0 atom stereocenters. The maximum atomic E-state index is 6.09. The maximum Gasteiger partial charge on any atom is 0.122 e. The van der Waals surface area contributed by atoms with Crippen molar-refractivity contribution in [1.82, 2.24) is 10.2 Å². The van der Waals surface area contributed by atoms with Crippen molar-refractivity contribution in [3.05, 3.63) is 28.8 Å². The van der Waals surface area contributed by atoms with Crippen molar-refractivity contribution in [3.63, 3.8) is 0 Å². The number of nitrogens with one attached hydrogen (secondary N) is 1. The van der Waals surface area contributed by atoms with Crippen molar-refractivity contribution in [2.45, 2.75) is 26.2 Å². The predicted octanol–water partition coefficient (Wildman–Crippen LogP) is 2.97. The molecule has 112 valence electrons. The van der Waals surface area contributed by atoms with Crippen molar-refractivity contribution >= 4 is 11.6 Å². The minimum Gasteiger partial charge on any atom is -0.494 e. The van der Waals surface area contributed by atoms with Crippen molar-refractivity contribution in [2.75, 3.05) is 39.3 Å². The molecule has 4 heteroatoms. The van der Waals surface area contributed by atoms with Gasteiger partial charge in [0.15, 0.2) is 0 Å². The molecule has 0 bridgehead atoms. The second-order valence-corrected chi connectivity index (χ2v) is 5.67. The lowest BCUT2D eigenvalue weighted by Gasteiger charge is -2.19. The molecule has 1 aliphatic heterocycles. The molecule has 20 heavy (non-hydrogen) atoms. The van der Waals surface area contributed by atoms with Gasteiger partial charge in [0, 0.05) is 18.1 Å². The Morgan fingerprint density at radius 2 is 2.20 bits per heavy atom. The Hall–Kier alpha value is -0.770. The first-order valence-electron chi connectivity index (χ1n) is 7.64. The van der Waals surface area contributed by atoms with Gasteiger partial charge in [-0.25, -0.2) is 0 Å². The molecule has 1 heterocycles. The van der Waals surface area contributed by atoms with Gasteiger partial charge in [-0.2, -0.15) is 0 Å². The molecule has 0 aliphatic carbocycles. The summed E-state index contributed by atoms with van der Waals surface area (Å²) in [4.78, 5) is 2.55. The van der Waals surface area contributed by atoms with E-state index in [4.69, 9.17) is 16.3 Å². The van der Waals surface area contributed by atoms with E-state index in [0.717, 1.165) is 49.8 Å². The number of hydrogen-bond donors (Lipinski definition) is 1. The van der Waals surface area contributed by atoms with Crippen LogP contribution in [0.2, 0.25) is 5.02 Å². The smallest absolute Gasteiger partial charge is 0.122 e. The number of benzene rings is 1. The van der Waals surface area contributed by atoms with Gasteiger partial charge in [-0.3, -0.25) is 0 Å². The van der Waals surface area contributed by atoms with Crippen LogP contribution in [0.15, 0.2) is 18.2 Å². The topological polar surface area (TPSA) is 24.5 Å². The SMILES string of the molecule is CCOc1ccc(Cl)cc1CCCN1CCCNCC1. The summed E-state index contributed by atoms with van der Waals surface area (Å²) in [5, 5.41) is 4.23. The standard InChI is InChI=1S/C16H25ClN2O/c1-2-20-16-7-6-15(17)13-14(16)5-3-10-19-11-4-8-18-9-12-19/h6-7,13,18H,2-5,8-12H2,1H3. The summed E-state index contributed by atoms with van der Waals surface area (Å²) in [6.07, 6.45) is 3.43. The average Bonchev–Trinajstić information content (AvgIpc) is 2.71. The van der Waals surface area contributed by atoms with E-state index < -0.39 is 0 Å². The zero-order chi connectivity index (χ0) is 14.2. The molecule has 2 rings (SSSR count). The lowest BCUT2D eigenvalue weighted by molar-refractivity contribution is 0.287. The Morgan fingerprint density at radius 3 is 3.05 bits per heavy atom. The average molecular weight is 297 g/mol. The summed E-state index contributed by atoms with van der Waals surface area (Å²) in [6.45, 7) is 8.50. The van der Waals surface area contributed by atoms with Gasteiger partial charge in [-0.15, -0.1) is 0 Å². The molecular weight excluding hydrogens is 272 g/mol. The molecule has 1 aromatic carbocycles. The highest BCUT2D eigenvalue weighted by Crippen LogP contribution is 2.24. The zero-order valence-corrected chi connectivity index (χ0v) is 13.1. The van der Waals surface area contributed by atoms with Crippen LogP contribution in [0.4, 0.5) is 0 Å². The molecule has 1 N–H and O–H groups in total. The third-order valence-electron chi connectivity index (χ3n) is 3.68. The van der Waals surface area contributed by atoms with Gasteiger partial charge < -0.3 is 15.0 Å². The van der Waals surface area contributed by atoms with Gasteiger partial charge in [0.2, 0.25) is 0 Å². The van der Waals surface area contributed by atoms with Crippen molar-refractivity contribution in [1.29, 1.82) is 0 Å². The van der Waals surface area contributed by atoms with Crippen LogP contribution >= 0.6 is 11.6 Å². The highest BCUT2D eigenvalue weighted by molar-refractivity contribution is 6.30. The fourth-order valence-electron chi connectivity index (χ4n) is 2.66. The number of hydrogen-bond acceptors (Lipinski definition) is 3. The normalized spacial score (nSPS) is 16.9. The van der Waals surface area contributed by atoms with E-state index in [9.17, 15) is 0 Å². The van der Waals surface area contributed by atoms with E-state index in [2.05, 4.69) is 10.2 Å². The first-order valence-corrected chi connectivity index (χ1v) is 8.01. The summed E-state index contributed by atoms with van der Waals surface area (Å²) < 4.78 is 5.67. The zero-order valence-electron chi connectivity index (χ0n) is 12.3. The Balaban J connectivity index is 1.84. The molecule has 0 unspecified atom stereocenters. The molecule has 1 aliphatic rings. The van der Waals surface area contributed by atoms with Gasteiger partial charge in [0.05, 0.1) is 6.61 Å². The summed E-state index contributed by atoms with van der Waals surface area (Å²) in [6, 6.07) is 5.92. The molecule has 0 radical (unpaired) electrons. The van der Waals surface area contributed by atoms with E-state index in [1.54, 1.807) is 0 Å². The van der Waals surface area contributed by atoms with Gasteiger partial charge >= 0.3 is 0 Å². The maximum absolute atomic E-state index is 6.09. The molecule has 1 aromatic rings. The van der Waals surface area contributed by atoms with Crippen LogP contribution in [0.1, 0.15) is 25.3 Å². The van der Waals surface area contributed by atoms with E-state index >= 15 is 0 Å². The van der Waals surface area contributed by atoms with Crippen LogP contribution in [0.3, 0.4) is 0 Å².